The van der Waals surface area contributed by atoms with Crippen molar-refractivity contribution in [3.05, 3.63) is 47.3 Å². The van der Waals surface area contributed by atoms with Crippen molar-refractivity contribution in [3.63, 3.8) is 0 Å². The molecule has 0 unspecified atom stereocenters. The van der Waals surface area contributed by atoms with Gasteiger partial charge in [-0.25, -0.2) is 0 Å². The SMILES string of the molecule is Cc1n[nH]nc1C(=O)N(C)C[C@H]1CCN(Cc2ccccc2)C1. The fourth-order valence-electron chi connectivity index (χ4n) is 3.18. The lowest BCUT2D eigenvalue weighted by Gasteiger charge is -2.21. The lowest BCUT2D eigenvalue weighted by atomic mass is 10.1. The summed E-state index contributed by atoms with van der Waals surface area (Å²) in [6, 6.07) is 10.5. The van der Waals surface area contributed by atoms with Gasteiger partial charge in [0.05, 0.1) is 5.69 Å². The average Bonchev–Trinajstić information content (AvgIpc) is 3.16. The highest BCUT2D eigenvalue weighted by Crippen LogP contribution is 2.20. The van der Waals surface area contributed by atoms with Gasteiger partial charge in [0.15, 0.2) is 5.69 Å². The van der Waals surface area contributed by atoms with Crippen molar-refractivity contribution in [3.8, 4) is 0 Å². The van der Waals surface area contributed by atoms with Gasteiger partial charge < -0.3 is 4.90 Å². The summed E-state index contributed by atoms with van der Waals surface area (Å²) >= 11 is 0. The minimum atomic E-state index is -0.0576. The van der Waals surface area contributed by atoms with Gasteiger partial charge in [-0.3, -0.25) is 9.69 Å². The van der Waals surface area contributed by atoms with Crippen molar-refractivity contribution in [1.82, 2.24) is 25.2 Å². The Bertz CT molecular complexity index is 654. The molecule has 0 radical (unpaired) electrons. The minimum Gasteiger partial charge on any atom is -0.340 e. The summed E-state index contributed by atoms with van der Waals surface area (Å²) in [6.45, 7) is 5.66. The van der Waals surface area contributed by atoms with Crippen LogP contribution in [0.25, 0.3) is 0 Å². The fourth-order valence-corrected chi connectivity index (χ4v) is 3.18. The van der Waals surface area contributed by atoms with E-state index in [0.717, 1.165) is 32.6 Å². The minimum absolute atomic E-state index is 0.0576. The van der Waals surface area contributed by atoms with E-state index in [1.165, 1.54) is 5.56 Å². The number of carbonyl (C=O) groups is 1. The molecule has 122 valence electrons. The van der Waals surface area contributed by atoms with Gasteiger partial charge in [-0.2, -0.15) is 15.4 Å². The summed E-state index contributed by atoms with van der Waals surface area (Å²) in [6.07, 6.45) is 1.13. The molecule has 0 saturated carbocycles. The Kier molecular flexibility index (Phi) is 4.71. The first-order valence-electron chi connectivity index (χ1n) is 8.02. The van der Waals surface area contributed by atoms with Crippen LogP contribution in [0.4, 0.5) is 0 Å². The number of hydrogen-bond donors (Lipinski definition) is 1. The van der Waals surface area contributed by atoms with Gasteiger partial charge in [0, 0.05) is 26.7 Å². The molecule has 0 aliphatic carbocycles. The number of benzene rings is 1. The van der Waals surface area contributed by atoms with E-state index in [2.05, 4.69) is 44.6 Å². The molecule has 1 fully saturated rings. The number of rotatable bonds is 5. The number of carbonyl (C=O) groups excluding carboxylic acids is 1. The largest absolute Gasteiger partial charge is 0.340 e. The van der Waals surface area contributed by atoms with Crippen molar-refractivity contribution in [2.75, 3.05) is 26.7 Å². The maximum Gasteiger partial charge on any atom is 0.276 e. The van der Waals surface area contributed by atoms with Crippen LogP contribution >= 0.6 is 0 Å². The molecule has 6 nitrogen and oxygen atoms in total. The second kappa shape index (κ2) is 6.91. The highest BCUT2D eigenvalue weighted by Gasteiger charge is 2.26. The summed E-state index contributed by atoms with van der Waals surface area (Å²) in [5.74, 6) is 0.456. The van der Waals surface area contributed by atoms with Crippen LogP contribution in [-0.4, -0.2) is 57.8 Å². The molecule has 1 aliphatic rings. The molecule has 23 heavy (non-hydrogen) atoms. The summed E-state index contributed by atoms with van der Waals surface area (Å²) in [7, 11) is 1.84. The molecule has 1 aromatic carbocycles. The zero-order valence-corrected chi connectivity index (χ0v) is 13.7. The molecule has 6 heteroatoms. The molecule has 1 atom stereocenters. The average molecular weight is 313 g/mol. The normalized spacial score (nSPS) is 18.3. The summed E-state index contributed by atoms with van der Waals surface area (Å²) in [5, 5.41) is 10.4. The molecule has 1 saturated heterocycles. The molecular weight excluding hydrogens is 290 g/mol. The summed E-state index contributed by atoms with van der Waals surface area (Å²) in [4.78, 5) is 16.6. The maximum absolute atomic E-state index is 12.4. The quantitative estimate of drug-likeness (QED) is 0.912. The molecular formula is C17H23N5O. The Morgan fingerprint density at radius 1 is 1.35 bits per heavy atom. The van der Waals surface area contributed by atoms with E-state index < -0.39 is 0 Å². The van der Waals surface area contributed by atoms with Crippen LogP contribution < -0.4 is 0 Å². The molecule has 0 spiro atoms. The molecule has 1 N–H and O–H groups in total. The van der Waals surface area contributed by atoms with Gasteiger partial charge in [-0.15, -0.1) is 0 Å². The Balaban J connectivity index is 1.51. The molecule has 1 aliphatic heterocycles. The number of likely N-dealkylation sites (tertiary alicyclic amines) is 1. The predicted octanol–water partition coefficient (Wildman–Crippen LogP) is 1.71. The monoisotopic (exact) mass is 313 g/mol. The summed E-state index contributed by atoms with van der Waals surface area (Å²) in [5.41, 5.74) is 2.42. The van der Waals surface area contributed by atoms with Crippen LogP contribution in [-0.2, 0) is 6.54 Å². The Hall–Kier alpha value is -2.21. The topological polar surface area (TPSA) is 65.1 Å². The van der Waals surface area contributed by atoms with Crippen LogP contribution in [0.5, 0.6) is 0 Å². The predicted molar refractivity (Wildman–Crippen MR) is 87.9 cm³/mol. The van der Waals surface area contributed by atoms with Crippen LogP contribution in [0.2, 0.25) is 0 Å². The Morgan fingerprint density at radius 3 is 2.83 bits per heavy atom. The lowest BCUT2D eigenvalue weighted by molar-refractivity contribution is 0.0766. The van der Waals surface area contributed by atoms with Crippen molar-refractivity contribution in [1.29, 1.82) is 0 Å². The second-order valence-corrected chi connectivity index (χ2v) is 6.32. The maximum atomic E-state index is 12.4. The molecule has 0 bridgehead atoms. The molecule has 1 aromatic heterocycles. The number of H-pyrrole nitrogens is 1. The lowest BCUT2D eigenvalue weighted by Crippen LogP contribution is -2.33. The number of hydrogen-bond acceptors (Lipinski definition) is 4. The standard InChI is InChI=1S/C17H23N5O/c1-13-16(19-20-18-13)17(23)21(2)10-15-8-9-22(12-15)11-14-6-4-3-5-7-14/h3-7,15H,8-12H2,1-2H3,(H,18,19,20)/t15-/m1/s1. The van der Waals surface area contributed by atoms with Crippen LogP contribution in [0.3, 0.4) is 0 Å². The first kappa shape index (κ1) is 15.7. The van der Waals surface area contributed by atoms with Gasteiger partial charge in [-0.1, -0.05) is 30.3 Å². The zero-order chi connectivity index (χ0) is 16.2. The van der Waals surface area contributed by atoms with Crippen molar-refractivity contribution < 1.29 is 4.79 Å². The molecule has 3 rings (SSSR count). The van der Waals surface area contributed by atoms with E-state index >= 15 is 0 Å². The van der Waals surface area contributed by atoms with Crippen LogP contribution in [0, 0.1) is 12.8 Å². The number of aromatic amines is 1. The fraction of sp³-hybridized carbons (Fsp3) is 0.471. The van der Waals surface area contributed by atoms with E-state index in [0.29, 0.717) is 17.3 Å². The number of aryl methyl sites for hydroxylation is 1. The van der Waals surface area contributed by atoms with Gasteiger partial charge >= 0.3 is 0 Å². The highest BCUT2D eigenvalue weighted by molar-refractivity contribution is 5.92. The van der Waals surface area contributed by atoms with Crippen LogP contribution in [0.15, 0.2) is 30.3 Å². The number of aromatic nitrogens is 3. The van der Waals surface area contributed by atoms with Gasteiger partial charge in [0.25, 0.3) is 5.91 Å². The van der Waals surface area contributed by atoms with E-state index in [1.807, 2.05) is 13.1 Å². The van der Waals surface area contributed by atoms with Crippen molar-refractivity contribution >= 4 is 5.91 Å². The van der Waals surface area contributed by atoms with Gasteiger partial charge in [0.1, 0.15) is 0 Å². The van der Waals surface area contributed by atoms with Gasteiger partial charge in [-0.05, 0) is 31.4 Å². The first-order valence-corrected chi connectivity index (χ1v) is 8.02. The van der Waals surface area contributed by atoms with Crippen molar-refractivity contribution in [2.45, 2.75) is 19.9 Å². The first-order chi connectivity index (χ1) is 11.1. The third-order valence-electron chi connectivity index (χ3n) is 4.42. The van der Waals surface area contributed by atoms with Crippen molar-refractivity contribution in [2.24, 2.45) is 5.92 Å². The third kappa shape index (κ3) is 3.76. The van der Waals surface area contributed by atoms with E-state index in [1.54, 1.807) is 11.8 Å². The Labute approximate surface area is 136 Å². The summed E-state index contributed by atoms with van der Waals surface area (Å²) < 4.78 is 0. The number of nitrogens with one attached hydrogen (secondary N) is 1. The molecule has 2 aromatic rings. The van der Waals surface area contributed by atoms with E-state index in [9.17, 15) is 4.79 Å². The highest BCUT2D eigenvalue weighted by atomic mass is 16.2. The van der Waals surface area contributed by atoms with Gasteiger partial charge in [0.2, 0.25) is 0 Å². The number of nitrogens with zero attached hydrogens (tertiary/aromatic N) is 4. The zero-order valence-electron chi connectivity index (χ0n) is 13.7. The smallest absolute Gasteiger partial charge is 0.276 e. The molecule has 1 amide bonds. The van der Waals surface area contributed by atoms with E-state index in [-0.39, 0.29) is 5.91 Å². The third-order valence-corrected chi connectivity index (χ3v) is 4.42. The second-order valence-electron chi connectivity index (χ2n) is 6.32. The Morgan fingerprint density at radius 2 is 2.13 bits per heavy atom. The van der Waals surface area contributed by atoms with Crippen LogP contribution in [0.1, 0.15) is 28.2 Å². The van der Waals surface area contributed by atoms with E-state index in [4.69, 9.17) is 0 Å². The number of amides is 1. The molecule has 2 heterocycles.